The van der Waals surface area contributed by atoms with Crippen LogP contribution in [-0.2, 0) is 10.1 Å². The zero-order chi connectivity index (χ0) is 12.3. The smallest absolute Gasteiger partial charge is 0.266 e. The molecular weight excluding hydrogens is 216 g/mol. The Morgan fingerprint density at radius 1 is 1.27 bits per heavy atom. The topological polar surface area (TPSA) is 83.6 Å². The Morgan fingerprint density at radius 2 is 1.80 bits per heavy atom. The van der Waals surface area contributed by atoms with Crippen LogP contribution in [0.4, 0.5) is 0 Å². The van der Waals surface area contributed by atoms with Gasteiger partial charge in [0.1, 0.15) is 0 Å². The fraction of sp³-hybridized carbons (Fsp3) is 1.00. The van der Waals surface area contributed by atoms with Gasteiger partial charge in [-0.05, 0) is 27.1 Å². The standard InChI is InChI=1S/C5H13N.C4H11NO3S/c1-2-3-4-5-6;1-5(2)3-4-9(6,7)8/h2-6H2,1H3;3-4H2,1-2H3,(H,6,7,8). The highest BCUT2D eigenvalue weighted by Gasteiger charge is 2.03. The molecule has 6 heteroatoms. The molecule has 3 N–H and O–H groups in total. The van der Waals surface area contributed by atoms with Gasteiger partial charge in [0.15, 0.2) is 0 Å². The van der Waals surface area contributed by atoms with Gasteiger partial charge in [0, 0.05) is 6.54 Å². The third kappa shape index (κ3) is 24.8. The van der Waals surface area contributed by atoms with Crippen molar-refractivity contribution < 1.29 is 13.0 Å². The van der Waals surface area contributed by atoms with Crippen LogP contribution in [-0.4, -0.2) is 50.8 Å². The highest BCUT2D eigenvalue weighted by atomic mass is 32.2. The predicted molar refractivity (Wildman–Crippen MR) is 63.5 cm³/mol. The third-order valence-corrected chi connectivity index (χ3v) is 2.30. The Hall–Kier alpha value is -0.170. The van der Waals surface area contributed by atoms with Gasteiger partial charge in [-0.1, -0.05) is 19.8 Å². The van der Waals surface area contributed by atoms with Crippen molar-refractivity contribution in [2.75, 3.05) is 32.9 Å². The van der Waals surface area contributed by atoms with E-state index in [4.69, 9.17) is 10.3 Å². The largest absolute Gasteiger partial charge is 0.330 e. The molecule has 0 saturated carbocycles. The minimum Gasteiger partial charge on any atom is -0.330 e. The van der Waals surface area contributed by atoms with Crippen molar-refractivity contribution in [1.82, 2.24) is 4.90 Å². The maximum absolute atomic E-state index is 10.1. The lowest BCUT2D eigenvalue weighted by atomic mass is 10.3. The monoisotopic (exact) mass is 240 g/mol. The van der Waals surface area contributed by atoms with Crippen LogP contribution in [0.3, 0.4) is 0 Å². The minimum atomic E-state index is -3.76. The van der Waals surface area contributed by atoms with Gasteiger partial charge < -0.3 is 10.6 Å². The number of rotatable bonds is 6. The van der Waals surface area contributed by atoms with Gasteiger partial charge in [-0.3, -0.25) is 4.55 Å². The Balaban J connectivity index is 0. The summed E-state index contributed by atoms with van der Waals surface area (Å²) in [6.45, 7) is 3.39. The van der Waals surface area contributed by atoms with E-state index in [0.717, 1.165) is 6.54 Å². The van der Waals surface area contributed by atoms with Gasteiger partial charge in [0.2, 0.25) is 0 Å². The Labute approximate surface area is 93.4 Å². The summed E-state index contributed by atoms with van der Waals surface area (Å²) in [6.07, 6.45) is 3.75. The Kier molecular flexibility index (Phi) is 11.9. The molecule has 0 unspecified atom stereocenters. The molecule has 0 fully saturated rings. The van der Waals surface area contributed by atoms with E-state index in [1.807, 2.05) is 0 Å². The van der Waals surface area contributed by atoms with Crippen molar-refractivity contribution in [1.29, 1.82) is 0 Å². The van der Waals surface area contributed by atoms with Crippen molar-refractivity contribution in [3.63, 3.8) is 0 Å². The normalized spacial score (nSPS) is 11.1. The summed E-state index contributed by atoms with van der Waals surface area (Å²) in [5.41, 5.74) is 5.21. The predicted octanol–water partition coefficient (Wildman–Crippen LogP) is 0.571. The van der Waals surface area contributed by atoms with E-state index in [1.165, 1.54) is 19.3 Å². The van der Waals surface area contributed by atoms with Crippen LogP contribution in [0.5, 0.6) is 0 Å². The molecule has 0 aliphatic heterocycles. The second-order valence-electron chi connectivity index (χ2n) is 3.59. The van der Waals surface area contributed by atoms with E-state index in [-0.39, 0.29) is 5.75 Å². The Bertz CT molecular complexity index is 211. The number of unbranched alkanes of at least 4 members (excludes halogenated alkanes) is 2. The quantitative estimate of drug-likeness (QED) is 0.524. The number of nitrogens with zero attached hydrogens (tertiary/aromatic N) is 1. The SMILES string of the molecule is CCCCCN.CN(C)CCS(=O)(=O)O. The van der Waals surface area contributed by atoms with Crippen LogP contribution in [0.1, 0.15) is 26.2 Å². The summed E-state index contributed by atoms with van der Waals surface area (Å²) in [7, 11) is -0.278. The molecule has 15 heavy (non-hydrogen) atoms. The average molecular weight is 240 g/mol. The second-order valence-corrected chi connectivity index (χ2v) is 5.16. The van der Waals surface area contributed by atoms with Crippen LogP contribution in [0.25, 0.3) is 0 Å². The molecule has 94 valence electrons. The molecule has 0 aliphatic rings. The highest BCUT2D eigenvalue weighted by Crippen LogP contribution is 1.88. The van der Waals surface area contributed by atoms with Crippen molar-refractivity contribution in [2.24, 2.45) is 5.73 Å². The third-order valence-electron chi connectivity index (χ3n) is 1.60. The van der Waals surface area contributed by atoms with E-state index in [1.54, 1.807) is 19.0 Å². The van der Waals surface area contributed by atoms with E-state index in [2.05, 4.69) is 6.92 Å². The summed E-state index contributed by atoms with van der Waals surface area (Å²) in [6, 6.07) is 0. The van der Waals surface area contributed by atoms with Gasteiger partial charge in [0.25, 0.3) is 10.1 Å². The first-order valence-corrected chi connectivity index (χ1v) is 6.74. The summed E-state index contributed by atoms with van der Waals surface area (Å²) < 4.78 is 28.3. The molecule has 0 rings (SSSR count). The lowest BCUT2D eigenvalue weighted by Crippen LogP contribution is -2.21. The van der Waals surface area contributed by atoms with E-state index in [9.17, 15) is 8.42 Å². The molecular formula is C9H24N2O3S. The van der Waals surface area contributed by atoms with E-state index < -0.39 is 10.1 Å². The fourth-order valence-corrected chi connectivity index (χ4v) is 1.29. The van der Waals surface area contributed by atoms with Crippen molar-refractivity contribution in [3.05, 3.63) is 0 Å². The van der Waals surface area contributed by atoms with Gasteiger partial charge in [-0.25, -0.2) is 0 Å². The molecule has 0 bridgehead atoms. The molecule has 0 atom stereocenters. The van der Waals surface area contributed by atoms with E-state index in [0.29, 0.717) is 6.54 Å². The van der Waals surface area contributed by atoms with Crippen molar-refractivity contribution >= 4 is 10.1 Å². The molecule has 0 aromatic carbocycles. The maximum atomic E-state index is 10.1. The summed E-state index contributed by atoms with van der Waals surface area (Å²) >= 11 is 0. The zero-order valence-corrected chi connectivity index (χ0v) is 10.8. The molecule has 0 aromatic rings. The molecule has 0 aromatic heterocycles. The lowest BCUT2D eigenvalue weighted by molar-refractivity contribution is 0.418. The summed E-state index contributed by atoms with van der Waals surface area (Å²) in [5, 5.41) is 0. The van der Waals surface area contributed by atoms with Gasteiger partial charge in [-0.2, -0.15) is 8.42 Å². The number of nitrogens with two attached hydrogens (primary N) is 1. The van der Waals surface area contributed by atoms with Crippen LogP contribution < -0.4 is 5.73 Å². The number of hydrogen-bond acceptors (Lipinski definition) is 4. The minimum absolute atomic E-state index is 0.194. The highest BCUT2D eigenvalue weighted by molar-refractivity contribution is 7.85. The van der Waals surface area contributed by atoms with Crippen LogP contribution in [0, 0.1) is 0 Å². The van der Waals surface area contributed by atoms with Crippen molar-refractivity contribution in [2.45, 2.75) is 26.2 Å². The first kappa shape index (κ1) is 17.2. The average Bonchev–Trinajstić information content (AvgIpc) is 2.11. The zero-order valence-electron chi connectivity index (χ0n) is 9.94. The molecule has 0 amide bonds. The van der Waals surface area contributed by atoms with Gasteiger partial charge in [-0.15, -0.1) is 0 Å². The van der Waals surface area contributed by atoms with Crippen LogP contribution in [0.2, 0.25) is 0 Å². The lowest BCUT2D eigenvalue weighted by Gasteiger charge is -2.05. The first-order valence-electron chi connectivity index (χ1n) is 5.13. The molecule has 0 saturated heterocycles. The fourth-order valence-electron chi connectivity index (χ4n) is 0.692. The second kappa shape index (κ2) is 10.4. The molecule has 0 radical (unpaired) electrons. The van der Waals surface area contributed by atoms with Crippen molar-refractivity contribution in [3.8, 4) is 0 Å². The van der Waals surface area contributed by atoms with E-state index >= 15 is 0 Å². The molecule has 5 nitrogen and oxygen atoms in total. The molecule has 0 spiro atoms. The maximum Gasteiger partial charge on any atom is 0.266 e. The summed E-state index contributed by atoms with van der Waals surface area (Å²) in [4.78, 5) is 1.69. The van der Waals surface area contributed by atoms with Gasteiger partial charge in [0.05, 0.1) is 5.75 Å². The van der Waals surface area contributed by atoms with Crippen LogP contribution in [0.15, 0.2) is 0 Å². The molecule has 0 aliphatic carbocycles. The first-order chi connectivity index (χ1) is 6.83. The van der Waals surface area contributed by atoms with Gasteiger partial charge >= 0.3 is 0 Å². The number of hydrogen-bond donors (Lipinski definition) is 2. The Morgan fingerprint density at radius 3 is 1.93 bits per heavy atom. The molecule has 0 heterocycles. The van der Waals surface area contributed by atoms with Crippen LogP contribution >= 0.6 is 0 Å². The summed E-state index contributed by atoms with van der Waals surface area (Å²) in [5.74, 6) is -0.194.